The van der Waals surface area contributed by atoms with Crippen LogP contribution in [0.25, 0.3) is 0 Å². The third-order valence-electron chi connectivity index (χ3n) is 10.9. The zero-order valence-corrected chi connectivity index (χ0v) is 42.2. The van der Waals surface area contributed by atoms with Crippen LogP contribution in [0.5, 0.6) is 0 Å². The molecule has 26 heteroatoms. The third-order valence-corrected chi connectivity index (χ3v) is 10.9. The topological polar surface area (TPSA) is 457 Å². The number of carbonyl (C=O) groups excluding carboxylic acids is 9. The van der Waals surface area contributed by atoms with E-state index in [9.17, 15) is 43.2 Å². The summed E-state index contributed by atoms with van der Waals surface area (Å²) in [5.41, 5.74) is 38.4. The molecule has 21 N–H and O–H groups in total. The largest absolute Gasteiger partial charge is 0.370 e. The summed E-state index contributed by atoms with van der Waals surface area (Å²) in [5.74, 6) is -9.33. The van der Waals surface area contributed by atoms with Gasteiger partial charge in [-0.05, 0) is 76.0 Å². The fourth-order valence-electron chi connectivity index (χ4n) is 6.85. The van der Waals surface area contributed by atoms with E-state index in [2.05, 4.69) is 52.2 Å². The number of nitrogens with two attached hydrogens (primary N) is 7. The van der Waals surface area contributed by atoms with Gasteiger partial charge in [0.1, 0.15) is 30.2 Å². The molecule has 0 heterocycles. The third kappa shape index (κ3) is 26.1. The second kappa shape index (κ2) is 33.7. The van der Waals surface area contributed by atoms with Crippen LogP contribution in [0.3, 0.4) is 0 Å². The van der Waals surface area contributed by atoms with Crippen molar-refractivity contribution in [3.8, 4) is 0 Å². The Morgan fingerprint density at radius 3 is 1.43 bits per heavy atom. The van der Waals surface area contributed by atoms with Crippen LogP contribution in [-0.2, 0) is 43.2 Å². The molecule has 0 aliphatic heterocycles. The summed E-state index contributed by atoms with van der Waals surface area (Å²) in [6, 6.07) is -7.33. The summed E-state index contributed by atoms with van der Waals surface area (Å²) in [6.45, 7) is 13.6. The van der Waals surface area contributed by atoms with E-state index in [1.165, 1.54) is 6.92 Å². The van der Waals surface area contributed by atoms with Crippen molar-refractivity contribution in [2.75, 3.05) is 26.2 Å². The van der Waals surface area contributed by atoms with Crippen molar-refractivity contribution in [3.05, 3.63) is 0 Å². The molecule has 0 aliphatic carbocycles. The second-order valence-electron chi connectivity index (χ2n) is 17.9. The van der Waals surface area contributed by atoms with Gasteiger partial charge in [-0.3, -0.25) is 58.1 Å². The molecule has 0 saturated carbocycles. The number of primary amides is 1. The average molecular weight is 994 g/mol. The number of hydrogen-bond donors (Lipinski definition) is 14. The summed E-state index contributed by atoms with van der Waals surface area (Å²) in [7, 11) is 0. The highest BCUT2D eigenvalue weighted by Gasteiger charge is 2.37. The number of carbonyl (C=O) groups is 9. The average Bonchev–Trinajstić information content (AvgIpc) is 3.26. The van der Waals surface area contributed by atoms with Crippen molar-refractivity contribution in [2.45, 2.75) is 156 Å². The van der Waals surface area contributed by atoms with Gasteiger partial charge in [0.05, 0.1) is 18.5 Å². The molecule has 0 aromatic carbocycles. The SMILES string of the molecule is CCCC(=O)NCC(=O)N[C@@H](C)C(=O)N[C@H](C(=O)N[C@H](C(=O)N[C@@H](CC(C)C)C(=O)N[C@@H](CCCN=C(N)N)C(=O)N[C@@H](CCCN=C(N)N)C(=O)[C@H](CCCN=C(N)N)C(N)=O)[C@@H](C)CC)C(C)C. The van der Waals surface area contributed by atoms with Crippen LogP contribution in [0, 0.1) is 23.7 Å². The zero-order valence-electron chi connectivity index (χ0n) is 42.2. The van der Waals surface area contributed by atoms with E-state index >= 15 is 0 Å². The Hall–Kier alpha value is -6.76. The van der Waals surface area contributed by atoms with E-state index in [0.717, 1.165) is 0 Å². The molecule has 0 aliphatic rings. The van der Waals surface area contributed by atoms with Crippen molar-refractivity contribution < 1.29 is 43.2 Å². The standard InChI is InChI=1S/C44H83N17O9/c1-9-14-31(62)55-22-32(63)56-26(8)37(66)60-33(24(5)6)40(69)61-34(25(7)10-2)41(70)59-30(21-23(3)4)39(68)58-29(17-13-20-54-44(50)51)38(67)57-28(16-12-19-53-43(48)49)35(64)27(36(45)65)15-11-18-52-42(46)47/h23-30,33-34H,9-22H2,1-8H3,(H2,45,65)(H,55,62)(H,56,63)(H,57,67)(H,58,68)(H,59,70)(H,60,66)(H,61,69)(H4,46,47,52)(H4,48,49,53)(H4,50,51,54)/t25-,26-,27-,28-,29-,30-,33-,34-/m0/s1. The Morgan fingerprint density at radius 2 is 0.957 bits per heavy atom. The van der Waals surface area contributed by atoms with Gasteiger partial charge >= 0.3 is 0 Å². The Kier molecular flexibility index (Phi) is 30.4. The lowest BCUT2D eigenvalue weighted by Gasteiger charge is -2.30. The van der Waals surface area contributed by atoms with E-state index in [1.54, 1.807) is 27.7 Å². The predicted molar refractivity (Wildman–Crippen MR) is 266 cm³/mol. The number of hydrogen-bond acceptors (Lipinski definition) is 12. The minimum absolute atomic E-state index is 0.0283. The molecular formula is C44H83N17O9. The molecule has 0 rings (SSSR count). The summed E-state index contributed by atoms with van der Waals surface area (Å²) in [5, 5.41) is 18.5. The first-order valence-corrected chi connectivity index (χ1v) is 23.8. The van der Waals surface area contributed by atoms with E-state index in [0.29, 0.717) is 12.8 Å². The maximum absolute atomic E-state index is 14.2. The summed E-state index contributed by atoms with van der Waals surface area (Å²) < 4.78 is 0. The molecule has 0 aromatic rings. The van der Waals surface area contributed by atoms with Gasteiger partial charge in [-0.25, -0.2) is 0 Å². The Bertz CT molecular complexity index is 1830. The van der Waals surface area contributed by atoms with E-state index in [1.807, 2.05) is 20.8 Å². The molecule has 0 bridgehead atoms. The Morgan fingerprint density at radius 1 is 0.500 bits per heavy atom. The molecule has 0 aromatic heterocycles. The number of Topliss-reactive ketones (excluding diaryl/α,β-unsaturated/α-hetero) is 1. The van der Waals surface area contributed by atoms with Crippen LogP contribution in [-0.4, -0.2) is 133 Å². The Labute approximate surface area is 411 Å². The van der Waals surface area contributed by atoms with Crippen LogP contribution < -0.4 is 77.4 Å². The number of nitrogens with zero attached hydrogens (tertiary/aromatic N) is 3. The molecule has 0 spiro atoms. The summed E-state index contributed by atoms with van der Waals surface area (Å²) >= 11 is 0. The first-order chi connectivity index (χ1) is 32.7. The fraction of sp³-hybridized carbons (Fsp3) is 0.727. The van der Waals surface area contributed by atoms with Gasteiger partial charge in [-0.2, -0.15) is 0 Å². The van der Waals surface area contributed by atoms with E-state index < -0.39 is 101 Å². The maximum atomic E-state index is 14.2. The second-order valence-corrected chi connectivity index (χ2v) is 17.9. The molecule has 8 atom stereocenters. The highest BCUT2D eigenvalue weighted by atomic mass is 16.2. The lowest BCUT2D eigenvalue weighted by Crippen LogP contribution is -2.61. The van der Waals surface area contributed by atoms with Crippen LogP contribution in [0.4, 0.5) is 0 Å². The lowest BCUT2D eigenvalue weighted by molar-refractivity contribution is -0.137. The van der Waals surface area contributed by atoms with Crippen molar-refractivity contribution >= 4 is 70.9 Å². The molecule has 398 valence electrons. The van der Waals surface area contributed by atoms with Gasteiger partial charge in [-0.15, -0.1) is 0 Å². The summed E-state index contributed by atoms with van der Waals surface area (Å²) in [6.07, 6.45) is 1.79. The first kappa shape index (κ1) is 63.2. The zero-order chi connectivity index (χ0) is 53.7. The lowest BCUT2D eigenvalue weighted by atomic mass is 9.90. The van der Waals surface area contributed by atoms with E-state index in [4.69, 9.17) is 40.1 Å². The smallest absolute Gasteiger partial charge is 0.243 e. The van der Waals surface area contributed by atoms with Crippen molar-refractivity contribution in [3.63, 3.8) is 0 Å². The van der Waals surface area contributed by atoms with Gasteiger partial charge < -0.3 is 77.4 Å². The minimum Gasteiger partial charge on any atom is -0.370 e. The summed E-state index contributed by atoms with van der Waals surface area (Å²) in [4.78, 5) is 132. The van der Waals surface area contributed by atoms with Crippen LogP contribution in [0.2, 0.25) is 0 Å². The maximum Gasteiger partial charge on any atom is 0.243 e. The van der Waals surface area contributed by atoms with Crippen LogP contribution >= 0.6 is 0 Å². The molecule has 0 unspecified atom stereocenters. The van der Waals surface area contributed by atoms with Gasteiger partial charge in [0, 0.05) is 26.1 Å². The number of guanidine groups is 3. The quantitative estimate of drug-likeness (QED) is 0.0126. The predicted octanol–water partition coefficient (Wildman–Crippen LogP) is -3.59. The molecular weight excluding hydrogens is 911 g/mol. The molecule has 0 fully saturated rings. The van der Waals surface area contributed by atoms with Crippen LogP contribution in [0.1, 0.15) is 120 Å². The van der Waals surface area contributed by atoms with Crippen molar-refractivity contribution in [2.24, 2.45) is 78.8 Å². The van der Waals surface area contributed by atoms with Crippen molar-refractivity contribution in [1.82, 2.24) is 37.2 Å². The van der Waals surface area contributed by atoms with Gasteiger partial charge in [0.15, 0.2) is 23.7 Å². The highest BCUT2D eigenvalue weighted by Crippen LogP contribution is 2.16. The molecule has 8 amide bonds. The number of amides is 8. The normalized spacial score (nSPS) is 14.4. The number of nitrogens with one attached hydrogen (secondary N) is 7. The fourth-order valence-corrected chi connectivity index (χ4v) is 6.85. The van der Waals surface area contributed by atoms with Gasteiger partial charge in [0.2, 0.25) is 47.3 Å². The van der Waals surface area contributed by atoms with Gasteiger partial charge in [0.25, 0.3) is 0 Å². The highest BCUT2D eigenvalue weighted by molar-refractivity contribution is 6.05. The number of ketones is 1. The monoisotopic (exact) mass is 994 g/mol. The minimum atomic E-state index is -1.35. The Balaban J connectivity index is 6.65. The molecule has 26 nitrogen and oxygen atoms in total. The van der Waals surface area contributed by atoms with E-state index in [-0.39, 0.29) is 107 Å². The van der Waals surface area contributed by atoms with Crippen LogP contribution in [0.15, 0.2) is 15.0 Å². The molecule has 0 saturated heterocycles. The molecule has 70 heavy (non-hydrogen) atoms. The first-order valence-electron chi connectivity index (χ1n) is 23.8. The molecule has 0 radical (unpaired) electrons. The van der Waals surface area contributed by atoms with Crippen molar-refractivity contribution in [1.29, 1.82) is 0 Å². The van der Waals surface area contributed by atoms with Gasteiger partial charge in [-0.1, -0.05) is 54.9 Å². The number of rotatable bonds is 35. The number of aliphatic imine (C=N–C) groups is 3.